The van der Waals surface area contributed by atoms with E-state index in [4.69, 9.17) is 4.74 Å². The van der Waals surface area contributed by atoms with Crippen molar-refractivity contribution in [3.63, 3.8) is 0 Å². The number of carbonyl (C=O) groups is 1. The van der Waals surface area contributed by atoms with Gasteiger partial charge in [-0.2, -0.15) is 0 Å². The van der Waals surface area contributed by atoms with Gasteiger partial charge in [-0.3, -0.25) is 9.69 Å². The maximum Gasteiger partial charge on any atom is 0.251 e. The summed E-state index contributed by atoms with van der Waals surface area (Å²) in [5, 5.41) is 3.30. The van der Waals surface area contributed by atoms with Crippen LogP contribution in [0.2, 0.25) is 0 Å². The van der Waals surface area contributed by atoms with Gasteiger partial charge in [-0.25, -0.2) is 0 Å². The lowest BCUT2D eigenvalue weighted by Gasteiger charge is -2.41. The average Bonchev–Trinajstić information content (AvgIpc) is 2.89. The van der Waals surface area contributed by atoms with E-state index in [2.05, 4.69) is 66.5 Å². The molecule has 3 aromatic carbocycles. The molecule has 5 rings (SSSR count). The molecule has 1 atom stereocenters. The number of carbonyl (C=O) groups excluding carboxylic acids is 1. The summed E-state index contributed by atoms with van der Waals surface area (Å²) in [4.78, 5) is 15.7. The molecule has 0 fully saturated rings. The third-order valence-electron chi connectivity index (χ3n) is 7.62. The second-order valence-electron chi connectivity index (χ2n) is 9.69. The molecule has 4 nitrogen and oxygen atoms in total. The van der Waals surface area contributed by atoms with Crippen molar-refractivity contribution in [1.29, 1.82) is 0 Å². The maximum atomic E-state index is 13.2. The Morgan fingerprint density at radius 1 is 0.971 bits per heavy atom. The van der Waals surface area contributed by atoms with Crippen molar-refractivity contribution < 1.29 is 9.53 Å². The van der Waals surface area contributed by atoms with E-state index in [-0.39, 0.29) is 17.6 Å². The van der Waals surface area contributed by atoms with E-state index in [1.165, 1.54) is 16.7 Å². The van der Waals surface area contributed by atoms with Gasteiger partial charge in [-0.05, 0) is 54.2 Å². The molecular weight excluding hydrogens is 420 g/mol. The molecule has 2 heterocycles. The van der Waals surface area contributed by atoms with Crippen molar-refractivity contribution in [2.45, 2.75) is 64.3 Å². The van der Waals surface area contributed by atoms with Gasteiger partial charge < -0.3 is 10.1 Å². The molecule has 1 unspecified atom stereocenters. The first kappa shape index (κ1) is 22.7. The van der Waals surface area contributed by atoms with E-state index in [9.17, 15) is 4.79 Å². The largest absolute Gasteiger partial charge is 0.487 e. The van der Waals surface area contributed by atoms with Gasteiger partial charge in [0.1, 0.15) is 11.4 Å². The first-order valence-electron chi connectivity index (χ1n) is 12.6. The second-order valence-corrected chi connectivity index (χ2v) is 9.69. The van der Waals surface area contributed by atoms with Crippen LogP contribution in [0.1, 0.15) is 71.8 Å². The number of benzene rings is 3. The van der Waals surface area contributed by atoms with Crippen LogP contribution in [0, 0.1) is 0 Å². The summed E-state index contributed by atoms with van der Waals surface area (Å²) in [6.07, 6.45) is 3.72. The third kappa shape index (κ3) is 4.60. The van der Waals surface area contributed by atoms with Crippen LogP contribution in [0.25, 0.3) is 0 Å². The summed E-state index contributed by atoms with van der Waals surface area (Å²) < 4.78 is 6.39. The Balaban J connectivity index is 1.26. The van der Waals surface area contributed by atoms with Gasteiger partial charge in [0.25, 0.3) is 5.91 Å². The summed E-state index contributed by atoms with van der Waals surface area (Å²) in [5.74, 6) is 0.863. The fourth-order valence-electron chi connectivity index (χ4n) is 5.38. The van der Waals surface area contributed by atoms with Gasteiger partial charge in [0, 0.05) is 37.2 Å². The molecule has 0 spiro atoms. The van der Waals surface area contributed by atoms with E-state index in [1.54, 1.807) is 0 Å². The Bertz CT molecular complexity index is 1150. The summed E-state index contributed by atoms with van der Waals surface area (Å²) >= 11 is 0. The molecule has 0 aromatic heterocycles. The molecule has 2 aliphatic rings. The summed E-state index contributed by atoms with van der Waals surface area (Å²) in [5.41, 5.74) is 5.67. The van der Waals surface area contributed by atoms with Gasteiger partial charge in [0.05, 0.1) is 6.04 Å². The second kappa shape index (κ2) is 9.63. The molecule has 0 radical (unpaired) electrons. The normalized spacial score (nSPS) is 18.9. The summed E-state index contributed by atoms with van der Waals surface area (Å²) in [6.45, 7) is 7.28. The van der Waals surface area contributed by atoms with Crippen LogP contribution in [0.3, 0.4) is 0 Å². The molecule has 1 amide bonds. The SMILES string of the molecule is CCC1(CC)CC(NC(=O)c2ccc(CN3CCc4ccccc4C3)cc2)c2ccccc2O1. The van der Waals surface area contributed by atoms with Crippen LogP contribution in [-0.4, -0.2) is 23.0 Å². The van der Waals surface area contributed by atoms with Crippen LogP contribution in [0.4, 0.5) is 0 Å². The van der Waals surface area contributed by atoms with E-state index in [1.807, 2.05) is 30.3 Å². The number of ether oxygens (including phenoxy) is 1. The minimum Gasteiger partial charge on any atom is -0.487 e. The van der Waals surface area contributed by atoms with Crippen LogP contribution in [0.5, 0.6) is 5.75 Å². The topological polar surface area (TPSA) is 41.6 Å². The lowest BCUT2D eigenvalue weighted by molar-refractivity contribution is 0.0227. The van der Waals surface area contributed by atoms with E-state index in [0.29, 0.717) is 5.56 Å². The van der Waals surface area contributed by atoms with E-state index >= 15 is 0 Å². The van der Waals surface area contributed by atoms with Crippen LogP contribution < -0.4 is 10.1 Å². The number of para-hydroxylation sites is 1. The van der Waals surface area contributed by atoms with Crippen molar-refractivity contribution in [2.24, 2.45) is 0 Å². The van der Waals surface area contributed by atoms with Gasteiger partial charge in [-0.1, -0.05) is 68.4 Å². The highest BCUT2D eigenvalue weighted by Crippen LogP contribution is 2.42. The predicted octanol–water partition coefficient (Wildman–Crippen LogP) is 6.06. The summed E-state index contributed by atoms with van der Waals surface area (Å²) in [6, 6.07) is 24.9. The lowest BCUT2D eigenvalue weighted by Crippen LogP contribution is -2.44. The van der Waals surface area contributed by atoms with Crippen LogP contribution in [-0.2, 0) is 19.5 Å². The molecule has 1 N–H and O–H groups in total. The first-order chi connectivity index (χ1) is 16.6. The highest BCUT2D eigenvalue weighted by atomic mass is 16.5. The molecule has 2 aliphatic heterocycles. The summed E-state index contributed by atoms with van der Waals surface area (Å²) in [7, 11) is 0. The van der Waals surface area contributed by atoms with Crippen molar-refractivity contribution in [2.75, 3.05) is 6.54 Å². The third-order valence-corrected chi connectivity index (χ3v) is 7.62. The smallest absolute Gasteiger partial charge is 0.251 e. The van der Waals surface area contributed by atoms with Crippen molar-refractivity contribution in [1.82, 2.24) is 10.2 Å². The zero-order chi connectivity index (χ0) is 23.5. The Kier molecular flexibility index (Phi) is 6.42. The Morgan fingerprint density at radius 3 is 2.44 bits per heavy atom. The average molecular weight is 455 g/mol. The van der Waals surface area contributed by atoms with Crippen molar-refractivity contribution >= 4 is 5.91 Å². The fourth-order valence-corrected chi connectivity index (χ4v) is 5.38. The quantitative estimate of drug-likeness (QED) is 0.492. The van der Waals surface area contributed by atoms with Crippen molar-refractivity contribution in [3.8, 4) is 5.75 Å². The van der Waals surface area contributed by atoms with Crippen LogP contribution in [0.15, 0.2) is 72.8 Å². The van der Waals surface area contributed by atoms with Gasteiger partial charge in [0.2, 0.25) is 0 Å². The number of hydrogen-bond donors (Lipinski definition) is 1. The number of nitrogens with one attached hydrogen (secondary N) is 1. The number of rotatable bonds is 6. The molecule has 0 saturated heterocycles. The number of nitrogens with zero attached hydrogens (tertiary/aromatic N) is 1. The Hall–Kier alpha value is -3.11. The molecular formula is C30H34N2O2. The molecule has 0 aliphatic carbocycles. The molecule has 3 aromatic rings. The predicted molar refractivity (Wildman–Crippen MR) is 136 cm³/mol. The molecule has 176 valence electrons. The van der Waals surface area contributed by atoms with Crippen LogP contribution >= 0.6 is 0 Å². The van der Waals surface area contributed by atoms with Crippen molar-refractivity contribution in [3.05, 3.63) is 101 Å². The Labute approximate surface area is 202 Å². The highest BCUT2D eigenvalue weighted by Gasteiger charge is 2.39. The van der Waals surface area contributed by atoms with E-state index < -0.39 is 0 Å². The van der Waals surface area contributed by atoms with Gasteiger partial charge >= 0.3 is 0 Å². The fraction of sp³-hybridized carbons (Fsp3) is 0.367. The molecule has 34 heavy (non-hydrogen) atoms. The number of fused-ring (bicyclic) bond motifs is 2. The highest BCUT2D eigenvalue weighted by molar-refractivity contribution is 5.94. The molecule has 0 saturated carbocycles. The van der Waals surface area contributed by atoms with E-state index in [0.717, 1.165) is 56.6 Å². The maximum absolute atomic E-state index is 13.2. The van der Waals surface area contributed by atoms with Gasteiger partial charge in [0.15, 0.2) is 0 Å². The zero-order valence-corrected chi connectivity index (χ0v) is 20.2. The minimum absolute atomic E-state index is 0.0266. The first-order valence-corrected chi connectivity index (χ1v) is 12.6. The molecule has 0 bridgehead atoms. The monoisotopic (exact) mass is 454 g/mol. The molecule has 4 heteroatoms. The zero-order valence-electron chi connectivity index (χ0n) is 20.2. The lowest BCUT2D eigenvalue weighted by atomic mass is 9.83. The van der Waals surface area contributed by atoms with Gasteiger partial charge in [-0.15, -0.1) is 0 Å². The number of hydrogen-bond acceptors (Lipinski definition) is 3. The Morgan fingerprint density at radius 2 is 1.68 bits per heavy atom. The number of amides is 1. The minimum atomic E-state index is -0.233. The standard InChI is InChI=1S/C30H34N2O2/c1-3-30(4-2)19-27(26-11-7-8-12-28(26)34-30)31-29(33)24-15-13-22(14-16-24)20-32-18-17-23-9-5-6-10-25(23)21-32/h5-16,27H,3-4,17-21H2,1-2H3,(H,31,33).